The molecule has 0 saturated carbocycles. The Kier molecular flexibility index (Phi) is 6.95. The first kappa shape index (κ1) is 24.3. The van der Waals surface area contributed by atoms with E-state index in [9.17, 15) is 9.59 Å². The fourth-order valence-electron chi connectivity index (χ4n) is 4.36. The van der Waals surface area contributed by atoms with Gasteiger partial charge in [-0.1, -0.05) is 35.9 Å². The summed E-state index contributed by atoms with van der Waals surface area (Å²) in [7, 11) is 0. The van der Waals surface area contributed by atoms with E-state index in [-0.39, 0.29) is 18.4 Å². The zero-order valence-electron chi connectivity index (χ0n) is 19.7. The van der Waals surface area contributed by atoms with Gasteiger partial charge in [-0.2, -0.15) is 0 Å². The Morgan fingerprint density at radius 1 is 1.31 bits per heavy atom. The van der Waals surface area contributed by atoms with Gasteiger partial charge in [0.15, 0.2) is 0 Å². The van der Waals surface area contributed by atoms with Crippen LogP contribution in [0.3, 0.4) is 0 Å². The number of halogens is 1. The van der Waals surface area contributed by atoms with Gasteiger partial charge in [0.05, 0.1) is 34.6 Å². The van der Waals surface area contributed by atoms with Gasteiger partial charge in [-0.15, -0.1) is 11.3 Å². The zero-order chi connectivity index (χ0) is 25.2. The summed E-state index contributed by atoms with van der Waals surface area (Å²) in [6.45, 7) is 4.45. The number of rotatable bonds is 8. The van der Waals surface area contributed by atoms with E-state index in [0.29, 0.717) is 30.4 Å². The second-order valence-electron chi connectivity index (χ2n) is 8.79. The van der Waals surface area contributed by atoms with Crippen LogP contribution in [0, 0.1) is 0 Å². The summed E-state index contributed by atoms with van der Waals surface area (Å²) in [5.74, 6) is 0.223. The molecular formula is C26H26ClN5O3S. The van der Waals surface area contributed by atoms with Crippen molar-refractivity contribution in [3.63, 3.8) is 0 Å². The number of piperazine rings is 1. The number of carbonyl (C=O) groups excluding carboxylic acids is 2. The van der Waals surface area contributed by atoms with E-state index >= 15 is 0 Å². The summed E-state index contributed by atoms with van der Waals surface area (Å²) >= 11 is 7.83. The Labute approximate surface area is 217 Å². The molecule has 0 aliphatic carbocycles. The molecule has 1 atom stereocenters. The molecule has 0 radical (unpaired) electrons. The minimum Gasteiger partial charge on any atom is -0.485 e. The van der Waals surface area contributed by atoms with Gasteiger partial charge in [-0.05, 0) is 24.6 Å². The fraction of sp³-hybridized carbons (Fsp3) is 0.269. The molecule has 5 rings (SSSR count). The van der Waals surface area contributed by atoms with Gasteiger partial charge in [0.25, 0.3) is 0 Å². The maximum absolute atomic E-state index is 11.8. The minimum absolute atomic E-state index is 0.0461. The Hall–Kier alpha value is -3.40. The van der Waals surface area contributed by atoms with Crippen molar-refractivity contribution < 1.29 is 14.3 Å². The number of hydrogen-bond donors (Lipinski definition) is 2. The largest absolute Gasteiger partial charge is 0.485 e. The number of nitrogens with zero attached hydrogens (tertiary/aromatic N) is 3. The van der Waals surface area contributed by atoms with Crippen LogP contribution in [0.2, 0.25) is 5.02 Å². The number of nitrogens with two attached hydrogens (primary N) is 1. The van der Waals surface area contributed by atoms with E-state index < -0.39 is 5.91 Å². The average Bonchev–Trinajstić information content (AvgIpc) is 3.42. The van der Waals surface area contributed by atoms with Crippen LogP contribution < -0.4 is 15.8 Å². The number of thiophene rings is 1. The van der Waals surface area contributed by atoms with Crippen LogP contribution in [0.15, 0.2) is 54.9 Å². The van der Waals surface area contributed by atoms with Crippen LogP contribution in [-0.4, -0.2) is 45.7 Å². The number of imidazole rings is 1. The second kappa shape index (κ2) is 10.3. The van der Waals surface area contributed by atoms with Crippen molar-refractivity contribution in [2.75, 3.05) is 19.6 Å². The van der Waals surface area contributed by atoms with Crippen molar-refractivity contribution in [1.29, 1.82) is 0 Å². The van der Waals surface area contributed by atoms with Crippen molar-refractivity contribution >= 4 is 40.4 Å². The highest BCUT2D eigenvalue weighted by Crippen LogP contribution is 2.39. The molecule has 0 unspecified atom stereocenters. The molecule has 1 aromatic carbocycles. The van der Waals surface area contributed by atoms with Gasteiger partial charge < -0.3 is 15.8 Å². The molecule has 1 saturated heterocycles. The summed E-state index contributed by atoms with van der Waals surface area (Å²) in [6, 6.07) is 13.5. The number of primary amides is 1. The van der Waals surface area contributed by atoms with Gasteiger partial charge >= 0.3 is 0 Å². The third-order valence-corrected chi connectivity index (χ3v) is 7.58. The monoisotopic (exact) mass is 523 g/mol. The van der Waals surface area contributed by atoms with E-state index in [0.717, 1.165) is 38.8 Å². The van der Waals surface area contributed by atoms with Crippen molar-refractivity contribution in [1.82, 2.24) is 19.6 Å². The number of amides is 2. The summed E-state index contributed by atoms with van der Waals surface area (Å²) in [4.78, 5) is 31.9. The fourth-order valence-corrected chi connectivity index (χ4v) is 5.76. The maximum Gasteiger partial charge on any atom is 0.234 e. The molecule has 8 nitrogen and oxygen atoms in total. The standard InChI is InChI=1S/C26H26ClN5O3S/c1-16(18-4-2-3-5-19(18)27)35-21-10-22(36-23(21)11-24(28)33)20-12-30-25-7-6-17(14-32(20)25)13-31-9-8-29-26(34)15-31/h2-7,10,12,14,16H,8-9,11,13,15H2,1H3,(H2,28,33)(H,29,34)/t16-/m1/s1. The average molecular weight is 524 g/mol. The van der Waals surface area contributed by atoms with Gasteiger partial charge in [0.2, 0.25) is 11.8 Å². The number of ether oxygens (including phenoxy) is 1. The van der Waals surface area contributed by atoms with Crippen LogP contribution >= 0.6 is 22.9 Å². The van der Waals surface area contributed by atoms with Crippen LogP contribution in [-0.2, 0) is 22.6 Å². The maximum atomic E-state index is 11.8. The van der Waals surface area contributed by atoms with Crippen molar-refractivity contribution in [3.05, 3.63) is 75.9 Å². The molecule has 0 bridgehead atoms. The summed E-state index contributed by atoms with van der Waals surface area (Å²) in [5.41, 5.74) is 9.17. The van der Waals surface area contributed by atoms with E-state index in [4.69, 9.17) is 22.1 Å². The number of nitrogens with one attached hydrogen (secondary N) is 1. The first-order valence-corrected chi connectivity index (χ1v) is 12.8. The topological polar surface area (TPSA) is 102 Å². The van der Waals surface area contributed by atoms with Crippen LogP contribution in [0.4, 0.5) is 0 Å². The van der Waals surface area contributed by atoms with Gasteiger partial charge in [-0.3, -0.25) is 18.9 Å². The lowest BCUT2D eigenvalue weighted by atomic mass is 10.1. The number of benzene rings is 1. The minimum atomic E-state index is -0.426. The summed E-state index contributed by atoms with van der Waals surface area (Å²) in [5, 5.41) is 3.48. The van der Waals surface area contributed by atoms with Crippen molar-refractivity contribution in [2.45, 2.75) is 26.0 Å². The number of fused-ring (bicyclic) bond motifs is 1. The lowest BCUT2D eigenvalue weighted by molar-refractivity contribution is -0.124. The lowest BCUT2D eigenvalue weighted by Crippen LogP contribution is -2.47. The number of carbonyl (C=O) groups is 2. The molecule has 2 amide bonds. The third-order valence-electron chi connectivity index (χ3n) is 6.09. The van der Waals surface area contributed by atoms with Gasteiger partial charge in [0, 0.05) is 42.5 Å². The molecule has 1 aliphatic rings. The van der Waals surface area contributed by atoms with E-state index in [1.807, 2.05) is 66.2 Å². The van der Waals surface area contributed by atoms with E-state index in [1.54, 1.807) is 0 Å². The second-order valence-corrected chi connectivity index (χ2v) is 10.3. The van der Waals surface area contributed by atoms with E-state index in [1.165, 1.54) is 11.3 Å². The molecule has 186 valence electrons. The van der Waals surface area contributed by atoms with Gasteiger partial charge in [-0.25, -0.2) is 4.98 Å². The zero-order valence-corrected chi connectivity index (χ0v) is 21.3. The molecule has 10 heteroatoms. The first-order chi connectivity index (χ1) is 17.4. The number of hydrogen-bond acceptors (Lipinski definition) is 6. The highest BCUT2D eigenvalue weighted by molar-refractivity contribution is 7.15. The lowest BCUT2D eigenvalue weighted by Gasteiger charge is -2.26. The highest BCUT2D eigenvalue weighted by Gasteiger charge is 2.21. The Morgan fingerprint density at radius 3 is 2.92 bits per heavy atom. The Morgan fingerprint density at radius 2 is 2.14 bits per heavy atom. The quantitative estimate of drug-likeness (QED) is 0.365. The summed E-state index contributed by atoms with van der Waals surface area (Å²) in [6.07, 6.45) is 3.62. The predicted molar refractivity (Wildman–Crippen MR) is 140 cm³/mol. The highest BCUT2D eigenvalue weighted by atomic mass is 35.5. The smallest absolute Gasteiger partial charge is 0.234 e. The number of pyridine rings is 1. The molecule has 3 N–H and O–H groups in total. The van der Waals surface area contributed by atoms with Crippen molar-refractivity contribution in [2.24, 2.45) is 5.73 Å². The molecule has 1 aliphatic heterocycles. The molecule has 3 aromatic heterocycles. The van der Waals surface area contributed by atoms with Crippen molar-refractivity contribution in [3.8, 4) is 16.3 Å². The molecule has 36 heavy (non-hydrogen) atoms. The molecule has 1 fully saturated rings. The molecular weight excluding hydrogens is 498 g/mol. The van der Waals surface area contributed by atoms with Crippen LogP contribution in [0.25, 0.3) is 16.2 Å². The predicted octanol–water partition coefficient (Wildman–Crippen LogP) is 3.82. The molecule has 4 aromatic rings. The van der Waals surface area contributed by atoms with E-state index in [2.05, 4.69) is 15.2 Å². The Bertz CT molecular complexity index is 1430. The van der Waals surface area contributed by atoms with Crippen LogP contribution in [0.5, 0.6) is 5.75 Å². The summed E-state index contributed by atoms with van der Waals surface area (Å²) < 4.78 is 8.31. The van der Waals surface area contributed by atoms with Gasteiger partial charge in [0.1, 0.15) is 17.5 Å². The third kappa shape index (κ3) is 5.23. The van der Waals surface area contributed by atoms with Crippen LogP contribution in [0.1, 0.15) is 29.0 Å². The first-order valence-electron chi connectivity index (χ1n) is 11.6. The Balaban J connectivity index is 1.46. The number of aromatic nitrogens is 2. The SMILES string of the molecule is C[C@@H](Oc1cc(-c2cnc3ccc(CN4CCNC(=O)C4)cn23)sc1CC(N)=O)c1ccccc1Cl. The normalized spacial score (nSPS) is 15.1. The molecule has 0 spiro atoms. The molecule has 4 heterocycles.